The van der Waals surface area contributed by atoms with Crippen molar-refractivity contribution >= 4 is 17.0 Å². The molecule has 3 aromatic rings. The minimum atomic E-state index is -0.961. The summed E-state index contributed by atoms with van der Waals surface area (Å²) in [6.45, 7) is 0. The number of fused-ring (bicyclic) bond motifs is 1. The fourth-order valence-corrected chi connectivity index (χ4v) is 2.20. The largest absolute Gasteiger partial charge is 0.477 e. The summed E-state index contributed by atoms with van der Waals surface area (Å²) in [4.78, 5) is 19.5. The number of carbonyl (C=O) groups is 1. The molecule has 0 aliphatic rings. The van der Waals surface area contributed by atoms with E-state index in [1.54, 1.807) is 36.3 Å². The highest BCUT2D eigenvalue weighted by Crippen LogP contribution is 2.28. The Morgan fingerprint density at radius 1 is 1.32 bits per heavy atom. The van der Waals surface area contributed by atoms with Crippen molar-refractivity contribution in [1.82, 2.24) is 14.5 Å². The smallest absolute Gasteiger partial charge is 0.352 e. The fourth-order valence-electron chi connectivity index (χ4n) is 2.20. The van der Waals surface area contributed by atoms with Crippen LogP contribution < -0.4 is 0 Å². The SMILES string of the molecule is Cn1c(C(=O)O)cc2c(-c3cccnc3)ccnc21. The van der Waals surface area contributed by atoms with Gasteiger partial charge in [0.2, 0.25) is 0 Å². The molecule has 3 heterocycles. The van der Waals surface area contributed by atoms with Gasteiger partial charge in [-0.1, -0.05) is 6.07 Å². The summed E-state index contributed by atoms with van der Waals surface area (Å²) in [5.74, 6) is -0.961. The van der Waals surface area contributed by atoms with Gasteiger partial charge in [-0.25, -0.2) is 9.78 Å². The van der Waals surface area contributed by atoms with Crippen molar-refractivity contribution < 1.29 is 9.90 Å². The number of carboxylic acids is 1. The monoisotopic (exact) mass is 253 g/mol. The third-order valence-electron chi connectivity index (χ3n) is 3.12. The average molecular weight is 253 g/mol. The predicted molar refractivity (Wildman–Crippen MR) is 70.9 cm³/mol. The van der Waals surface area contributed by atoms with Gasteiger partial charge in [0.25, 0.3) is 0 Å². The van der Waals surface area contributed by atoms with Gasteiger partial charge in [0.1, 0.15) is 11.3 Å². The summed E-state index contributed by atoms with van der Waals surface area (Å²) in [6, 6.07) is 7.30. The van der Waals surface area contributed by atoms with Crippen molar-refractivity contribution in [2.45, 2.75) is 0 Å². The Morgan fingerprint density at radius 3 is 2.84 bits per heavy atom. The molecule has 3 aromatic heterocycles. The molecule has 0 aliphatic carbocycles. The average Bonchev–Trinajstić information content (AvgIpc) is 2.78. The van der Waals surface area contributed by atoms with Crippen LogP contribution in [-0.4, -0.2) is 25.6 Å². The number of aromatic nitrogens is 3. The molecule has 0 spiro atoms. The lowest BCUT2D eigenvalue weighted by Gasteiger charge is -2.03. The first-order chi connectivity index (χ1) is 9.18. The highest BCUT2D eigenvalue weighted by atomic mass is 16.4. The molecular formula is C14H11N3O2. The van der Waals surface area contributed by atoms with E-state index in [0.29, 0.717) is 5.65 Å². The number of aryl methyl sites for hydroxylation is 1. The lowest BCUT2D eigenvalue weighted by atomic mass is 10.1. The summed E-state index contributed by atoms with van der Waals surface area (Å²) >= 11 is 0. The molecule has 1 N–H and O–H groups in total. The van der Waals surface area contributed by atoms with Crippen molar-refractivity contribution in [3.8, 4) is 11.1 Å². The quantitative estimate of drug-likeness (QED) is 0.761. The number of hydrogen-bond donors (Lipinski definition) is 1. The second-order valence-corrected chi connectivity index (χ2v) is 4.23. The van der Waals surface area contributed by atoms with Gasteiger partial charge in [-0.15, -0.1) is 0 Å². The van der Waals surface area contributed by atoms with Gasteiger partial charge in [0, 0.05) is 36.6 Å². The highest BCUT2D eigenvalue weighted by Gasteiger charge is 2.15. The summed E-state index contributed by atoms with van der Waals surface area (Å²) in [5.41, 5.74) is 2.75. The first-order valence-corrected chi connectivity index (χ1v) is 5.76. The third kappa shape index (κ3) is 1.76. The van der Waals surface area contributed by atoms with Crippen LogP contribution in [0.3, 0.4) is 0 Å². The Hall–Kier alpha value is -2.69. The van der Waals surface area contributed by atoms with Crippen LogP contribution in [0.15, 0.2) is 42.9 Å². The molecule has 3 rings (SSSR count). The van der Waals surface area contributed by atoms with Gasteiger partial charge in [0.05, 0.1) is 0 Å². The summed E-state index contributed by atoms with van der Waals surface area (Å²) in [5, 5.41) is 9.98. The molecule has 0 saturated carbocycles. The van der Waals surface area contributed by atoms with Crippen molar-refractivity contribution in [2.75, 3.05) is 0 Å². The zero-order chi connectivity index (χ0) is 13.4. The minimum Gasteiger partial charge on any atom is -0.477 e. The Morgan fingerprint density at radius 2 is 2.16 bits per heavy atom. The van der Waals surface area contributed by atoms with Gasteiger partial charge >= 0.3 is 5.97 Å². The first kappa shape index (κ1) is 11.4. The van der Waals surface area contributed by atoms with Crippen LogP contribution in [0.5, 0.6) is 0 Å². The molecule has 0 aliphatic heterocycles. The maximum absolute atomic E-state index is 11.2. The zero-order valence-electron chi connectivity index (χ0n) is 10.2. The Labute approximate surface area is 109 Å². The fraction of sp³-hybridized carbons (Fsp3) is 0.0714. The van der Waals surface area contributed by atoms with E-state index in [4.69, 9.17) is 5.11 Å². The maximum Gasteiger partial charge on any atom is 0.352 e. The van der Waals surface area contributed by atoms with Crippen LogP contribution in [0, 0.1) is 0 Å². The Bertz CT molecular complexity index is 763. The molecule has 94 valence electrons. The van der Waals surface area contributed by atoms with Crippen molar-refractivity contribution in [2.24, 2.45) is 7.05 Å². The van der Waals surface area contributed by atoms with E-state index < -0.39 is 5.97 Å². The van der Waals surface area contributed by atoms with E-state index in [9.17, 15) is 4.79 Å². The minimum absolute atomic E-state index is 0.221. The normalized spacial score (nSPS) is 10.8. The Balaban J connectivity index is 2.33. The van der Waals surface area contributed by atoms with Crippen LogP contribution in [0.1, 0.15) is 10.5 Å². The molecule has 5 nitrogen and oxygen atoms in total. The molecular weight excluding hydrogens is 242 g/mol. The molecule has 5 heteroatoms. The van der Waals surface area contributed by atoms with E-state index in [1.165, 1.54) is 0 Å². The van der Waals surface area contributed by atoms with Gasteiger partial charge in [-0.3, -0.25) is 4.98 Å². The molecule has 0 amide bonds. The summed E-state index contributed by atoms with van der Waals surface area (Å²) < 4.78 is 1.58. The molecule has 0 aromatic carbocycles. The number of carboxylic acid groups (broad SMARTS) is 1. The lowest BCUT2D eigenvalue weighted by molar-refractivity contribution is 0.0687. The molecule has 0 atom stereocenters. The van der Waals surface area contributed by atoms with Crippen LogP contribution in [-0.2, 0) is 7.05 Å². The van der Waals surface area contributed by atoms with E-state index >= 15 is 0 Å². The van der Waals surface area contributed by atoms with E-state index in [0.717, 1.165) is 16.5 Å². The second-order valence-electron chi connectivity index (χ2n) is 4.23. The molecule has 0 saturated heterocycles. The van der Waals surface area contributed by atoms with Crippen LogP contribution in [0.25, 0.3) is 22.2 Å². The van der Waals surface area contributed by atoms with Crippen LogP contribution >= 0.6 is 0 Å². The number of hydrogen-bond acceptors (Lipinski definition) is 3. The second kappa shape index (κ2) is 4.20. The van der Waals surface area contributed by atoms with E-state index in [2.05, 4.69) is 9.97 Å². The molecule has 0 fully saturated rings. The highest BCUT2D eigenvalue weighted by molar-refractivity contribution is 5.99. The van der Waals surface area contributed by atoms with Crippen molar-refractivity contribution in [3.05, 3.63) is 48.5 Å². The standard InChI is InChI=1S/C14H11N3O2/c1-17-12(14(18)19)7-11-10(4-6-16-13(11)17)9-3-2-5-15-8-9/h2-8H,1H3,(H,18,19). The summed E-state index contributed by atoms with van der Waals surface area (Å²) in [7, 11) is 1.70. The Kier molecular flexibility index (Phi) is 2.52. The topological polar surface area (TPSA) is 68.0 Å². The van der Waals surface area contributed by atoms with Crippen LogP contribution in [0.2, 0.25) is 0 Å². The van der Waals surface area contributed by atoms with Crippen molar-refractivity contribution in [3.63, 3.8) is 0 Å². The van der Waals surface area contributed by atoms with Gasteiger partial charge in [-0.2, -0.15) is 0 Å². The summed E-state index contributed by atoms with van der Waals surface area (Å²) in [6.07, 6.45) is 5.13. The molecule has 0 unspecified atom stereocenters. The number of rotatable bonds is 2. The van der Waals surface area contributed by atoms with Gasteiger partial charge < -0.3 is 9.67 Å². The van der Waals surface area contributed by atoms with Gasteiger partial charge in [-0.05, 0) is 23.8 Å². The molecule has 0 bridgehead atoms. The molecule has 19 heavy (non-hydrogen) atoms. The third-order valence-corrected chi connectivity index (χ3v) is 3.12. The van der Waals surface area contributed by atoms with Crippen molar-refractivity contribution in [1.29, 1.82) is 0 Å². The number of pyridine rings is 2. The molecule has 0 radical (unpaired) electrons. The lowest BCUT2D eigenvalue weighted by Crippen LogP contribution is -2.04. The van der Waals surface area contributed by atoms with E-state index in [-0.39, 0.29) is 5.69 Å². The zero-order valence-corrected chi connectivity index (χ0v) is 10.2. The number of aromatic carboxylic acids is 1. The first-order valence-electron chi connectivity index (χ1n) is 5.76. The van der Waals surface area contributed by atoms with Crippen LogP contribution in [0.4, 0.5) is 0 Å². The number of nitrogens with zero attached hydrogens (tertiary/aromatic N) is 3. The maximum atomic E-state index is 11.2. The predicted octanol–water partition coefficient (Wildman–Crippen LogP) is 2.33. The van der Waals surface area contributed by atoms with Gasteiger partial charge in [0.15, 0.2) is 0 Å². The van der Waals surface area contributed by atoms with E-state index in [1.807, 2.05) is 18.2 Å².